The van der Waals surface area contributed by atoms with Gasteiger partial charge in [-0.2, -0.15) is 0 Å². The zero-order valence-corrected chi connectivity index (χ0v) is 19.0. The predicted molar refractivity (Wildman–Crippen MR) is 125 cm³/mol. The second kappa shape index (κ2) is 12.1. The third-order valence-corrected chi connectivity index (χ3v) is 6.42. The van der Waals surface area contributed by atoms with E-state index in [0.717, 1.165) is 61.8 Å². The van der Waals surface area contributed by atoms with Crippen molar-refractivity contribution in [1.29, 1.82) is 0 Å². The summed E-state index contributed by atoms with van der Waals surface area (Å²) in [6.45, 7) is 5.01. The number of halogens is 2. The van der Waals surface area contributed by atoms with E-state index in [1.165, 1.54) is 18.9 Å². The number of hydrogen-bond donors (Lipinski definition) is 0. The molecule has 1 saturated carbocycles. The maximum absolute atomic E-state index is 15.0. The van der Waals surface area contributed by atoms with Crippen LogP contribution in [0.2, 0.25) is 0 Å². The molecule has 0 radical (unpaired) electrons. The molecule has 3 rings (SSSR count). The molecule has 0 unspecified atom stereocenters. The van der Waals surface area contributed by atoms with E-state index in [4.69, 9.17) is 4.74 Å². The van der Waals surface area contributed by atoms with E-state index in [1.54, 1.807) is 6.07 Å². The van der Waals surface area contributed by atoms with Gasteiger partial charge in [-0.05, 0) is 92.2 Å². The molecule has 1 aliphatic rings. The molecule has 1 nitrogen and oxygen atoms in total. The predicted octanol–water partition coefficient (Wildman–Crippen LogP) is 8.37. The van der Waals surface area contributed by atoms with Gasteiger partial charge in [-0.1, -0.05) is 56.2 Å². The van der Waals surface area contributed by atoms with Crippen molar-refractivity contribution in [2.24, 2.45) is 0 Å². The highest BCUT2D eigenvalue weighted by molar-refractivity contribution is 5.64. The average Bonchev–Trinajstić information content (AvgIpc) is 2.78. The van der Waals surface area contributed by atoms with Crippen LogP contribution in [0.5, 0.6) is 0 Å². The fourth-order valence-corrected chi connectivity index (χ4v) is 4.52. The molecular formula is C28H36F2O. The molecule has 2 aromatic carbocycles. The van der Waals surface area contributed by atoms with Gasteiger partial charge in [0.05, 0.1) is 6.10 Å². The Balaban J connectivity index is 1.60. The molecule has 3 heteroatoms. The molecule has 31 heavy (non-hydrogen) atoms. The van der Waals surface area contributed by atoms with Crippen LogP contribution >= 0.6 is 0 Å². The first-order chi connectivity index (χ1) is 15.1. The first kappa shape index (κ1) is 23.7. The Labute approximate surface area is 186 Å². The molecule has 0 saturated heterocycles. The SMILES string of the molecule is C/C=C/CCc1ccc(-c2ccc(C3CCC(OCCCCC)CC3)c(F)c2)cc1F. The largest absolute Gasteiger partial charge is 0.378 e. The first-order valence-corrected chi connectivity index (χ1v) is 11.9. The minimum Gasteiger partial charge on any atom is -0.378 e. The Kier molecular flexibility index (Phi) is 9.27. The quantitative estimate of drug-likeness (QED) is 0.274. The Morgan fingerprint density at radius 2 is 1.65 bits per heavy atom. The van der Waals surface area contributed by atoms with Gasteiger partial charge in [0.1, 0.15) is 11.6 Å². The summed E-state index contributed by atoms with van der Waals surface area (Å²) in [7, 11) is 0. The van der Waals surface area contributed by atoms with Gasteiger partial charge in [0.2, 0.25) is 0 Å². The van der Waals surface area contributed by atoms with Crippen LogP contribution in [-0.2, 0) is 11.2 Å². The van der Waals surface area contributed by atoms with Gasteiger partial charge >= 0.3 is 0 Å². The van der Waals surface area contributed by atoms with Crippen molar-refractivity contribution in [3.8, 4) is 11.1 Å². The highest BCUT2D eigenvalue weighted by Gasteiger charge is 2.25. The normalized spacial score (nSPS) is 19.2. The summed E-state index contributed by atoms with van der Waals surface area (Å²) in [6, 6.07) is 10.6. The molecule has 0 N–H and O–H groups in total. The van der Waals surface area contributed by atoms with Crippen molar-refractivity contribution in [3.05, 3.63) is 71.3 Å². The number of ether oxygens (including phenoxy) is 1. The summed E-state index contributed by atoms with van der Waals surface area (Å²) in [4.78, 5) is 0. The summed E-state index contributed by atoms with van der Waals surface area (Å²) < 4.78 is 35.4. The van der Waals surface area contributed by atoms with Crippen LogP contribution in [0.4, 0.5) is 8.78 Å². The fraction of sp³-hybridized carbons (Fsp3) is 0.500. The van der Waals surface area contributed by atoms with Crippen LogP contribution < -0.4 is 0 Å². The van der Waals surface area contributed by atoms with Gasteiger partial charge < -0.3 is 4.74 Å². The van der Waals surface area contributed by atoms with E-state index in [1.807, 2.05) is 43.3 Å². The lowest BCUT2D eigenvalue weighted by Gasteiger charge is -2.29. The topological polar surface area (TPSA) is 9.23 Å². The lowest BCUT2D eigenvalue weighted by Crippen LogP contribution is -2.21. The molecule has 1 fully saturated rings. The van der Waals surface area contributed by atoms with Gasteiger partial charge in [-0.25, -0.2) is 8.78 Å². The maximum atomic E-state index is 15.0. The van der Waals surface area contributed by atoms with Crippen molar-refractivity contribution in [2.75, 3.05) is 6.61 Å². The summed E-state index contributed by atoms with van der Waals surface area (Å²) >= 11 is 0. The van der Waals surface area contributed by atoms with E-state index in [-0.39, 0.29) is 17.6 Å². The minimum absolute atomic E-state index is 0.178. The third kappa shape index (κ3) is 6.74. The Morgan fingerprint density at radius 1 is 0.935 bits per heavy atom. The van der Waals surface area contributed by atoms with Crippen LogP contribution in [-0.4, -0.2) is 12.7 Å². The monoisotopic (exact) mass is 426 g/mol. The summed E-state index contributed by atoms with van der Waals surface area (Å²) in [6.07, 6.45) is 13.3. The number of unbranched alkanes of at least 4 members (excludes halogenated alkanes) is 2. The molecule has 0 heterocycles. The molecule has 168 valence electrons. The molecular weight excluding hydrogens is 390 g/mol. The smallest absolute Gasteiger partial charge is 0.127 e. The average molecular weight is 427 g/mol. The molecule has 0 spiro atoms. The van der Waals surface area contributed by atoms with Crippen molar-refractivity contribution >= 4 is 0 Å². The van der Waals surface area contributed by atoms with Crippen molar-refractivity contribution < 1.29 is 13.5 Å². The second-order valence-electron chi connectivity index (χ2n) is 8.70. The van der Waals surface area contributed by atoms with E-state index >= 15 is 0 Å². The van der Waals surface area contributed by atoms with E-state index in [9.17, 15) is 8.78 Å². The molecule has 0 aromatic heterocycles. The van der Waals surface area contributed by atoms with Gasteiger partial charge in [0, 0.05) is 6.61 Å². The van der Waals surface area contributed by atoms with Crippen LogP contribution in [0.1, 0.15) is 82.3 Å². The zero-order chi connectivity index (χ0) is 22.1. The van der Waals surface area contributed by atoms with Gasteiger partial charge in [0.25, 0.3) is 0 Å². The van der Waals surface area contributed by atoms with Crippen molar-refractivity contribution in [2.45, 2.75) is 83.7 Å². The minimum atomic E-state index is -0.219. The lowest BCUT2D eigenvalue weighted by molar-refractivity contribution is 0.0225. The van der Waals surface area contributed by atoms with E-state index in [0.29, 0.717) is 18.1 Å². The molecule has 0 aliphatic heterocycles. The van der Waals surface area contributed by atoms with E-state index in [2.05, 4.69) is 6.92 Å². The van der Waals surface area contributed by atoms with Gasteiger partial charge in [-0.3, -0.25) is 0 Å². The van der Waals surface area contributed by atoms with Crippen LogP contribution in [0.3, 0.4) is 0 Å². The Bertz CT molecular complexity index is 850. The number of benzene rings is 2. The summed E-state index contributed by atoms with van der Waals surface area (Å²) in [5, 5.41) is 0. The molecule has 1 aliphatic carbocycles. The van der Waals surface area contributed by atoms with Crippen LogP contribution in [0, 0.1) is 11.6 Å². The van der Waals surface area contributed by atoms with Crippen molar-refractivity contribution in [1.82, 2.24) is 0 Å². The maximum Gasteiger partial charge on any atom is 0.127 e. The molecule has 0 bridgehead atoms. The van der Waals surface area contributed by atoms with Gasteiger partial charge in [0.15, 0.2) is 0 Å². The van der Waals surface area contributed by atoms with Crippen LogP contribution in [0.25, 0.3) is 11.1 Å². The molecule has 2 aromatic rings. The summed E-state index contributed by atoms with van der Waals surface area (Å²) in [5.41, 5.74) is 2.94. The summed E-state index contributed by atoms with van der Waals surface area (Å²) in [5.74, 6) is -0.151. The number of allylic oxidation sites excluding steroid dienone is 2. The highest BCUT2D eigenvalue weighted by atomic mass is 19.1. The molecule has 0 amide bonds. The first-order valence-electron chi connectivity index (χ1n) is 11.9. The number of hydrogen-bond acceptors (Lipinski definition) is 1. The Hall–Kier alpha value is -2.00. The highest BCUT2D eigenvalue weighted by Crippen LogP contribution is 2.36. The number of aryl methyl sites for hydroxylation is 1. The second-order valence-corrected chi connectivity index (χ2v) is 8.70. The van der Waals surface area contributed by atoms with E-state index < -0.39 is 0 Å². The van der Waals surface area contributed by atoms with Crippen LogP contribution in [0.15, 0.2) is 48.6 Å². The van der Waals surface area contributed by atoms with Crippen molar-refractivity contribution in [3.63, 3.8) is 0 Å². The standard InChI is InChI=1S/C28H36F2O/c1-3-5-7-9-22-10-11-23(19-27(22)29)24-14-17-26(28(30)20-24)21-12-15-25(16-13-21)31-18-8-6-4-2/h3,5,10-11,14,17,19-21,25H,4,6-9,12-13,15-16,18H2,1-2H3/b5-3+. The third-order valence-electron chi connectivity index (χ3n) is 6.42. The molecule has 0 atom stereocenters. The zero-order valence-electron chi connectivity index (χ0n) is 19.0. The Morgan fingerprint density at radius 3 is 2.29 bits per heavy atom. The lowest BCUT2D eigenvalue weighted by atomic mass is 9.82. The fourth-order valence-electron chi connectivity index (χ4n) is 4.52. The number of rotatable bonds is 10. The van der Waals surface area contributed by atoms with Gasteiger partial charge in [-0.15, -0.1) is 0 Å².